The molecule has 2 aromatic rings. The number of halogens is 3. The number of hydrogen-bond acceptors (Lipinski definition) is 9. The molecule has 0 bridgehead atoms. The van der Waals surface area contributed by atoms with Gasteiger partial charge in [0.15, 0.2) is 0 Å². The standard InChI is InChI=1S/C22H29N5O3.C2HF3O2/c28-19-2-1-6-23-18(19)12-27-7-5-22(14-27)15-30-13-17-11-25-21(26-20(17)22)24-10-16-3-8-29-9-4-16;3-2(4,5)1(6)7/h1-2,6,11,16,28H,3-5,7-10,12-15H2,(H,24,25,26);(H,6,7). The number of nitrogens with one attached hydrogen (secondary N) is 1. The summed E-state index contributed by atoms with van der Waals surface area (Å²) in [6.45, 7) is 6.21. The Morgan fingerprint density at radius 2 is 2.00 bits per heavy atom. The average Bonchev–Trinajstić information content (AvgIpc) is 3.28. The second-order valence-corrected chi connectivity index (χ2v) is 9.51. The highest BCUT2D eigenvalue weighted by Crippen LogP contribution is 2.40. The molecule has 3 N–H and O–H groups in total. The van der Waals surface area contributed by atoms with E-state index < -0.39 is 12.1 Å². The number of likely N-dealkylation sites (tertiary alicyclic amines) is 1. The Hall–Kier alpha value is -3.03. The molecule has 2 saturated heterocycles. The van der Waals surface area contributed by atoms with Crippen LogP contribution in [0.15, 0.2) is 24.5 Å². The van der Waals surface area contributed by atoms with E-state index in [-0.39, 0.29) is 11.2 Å². The van der Waals surface area contributed by atoms with Crippen molar-refractivity contribution in [3.05, 3.63) is 41.5 Å². The molecule has 2 fully saturated rings. The number of carboxylic acids is 1. The quantitative estimate of drug-likeness (QED) is 0.536. The summed E-state index contributed by atoms with van der Waals surface area (Å²) >= 11 is 0. The fourth-order valence-corrected chi connectivity index (χ4v) is 4.84. The zero-order chi connectivity index (χ0) is 26.5. The van der Waals surface area contributed by atoms with Gasteiger partial charge < -0.3 is 25.0 Å². The van der Waals surface area contributed by atoms with E-state index in [9.17, 15) is 18.3 Å². The van der Waals surface area contributed by atoms with Crippen LogP contribution in [0.1, 0.15) is 36.2 Å². The van der Waals surface area contributed by atoms with Crippen LogP contribution in [0.25, 0.3) is 0 Å². The number of fused-ring (bicyclic) bond motifs is 2. The molecule has 37 heavy (non-hydrogen) atoms. The van der Waals surface area contributed by atoms with Crippen molar-refractivity contribution in [3.8, 4) is 5.75 Å². The fourth-order valence-electron chi connectivity index (χ4n) is 4.84. The van der Waals surface area contributed by atoms with Gasteiger partial charge in [-0.25, -0.2) is 14.8 Å². The number of carboxylic acid groups (broad SMARTS) is 1. The van der Waals surface area contributed by atoms with E-state index in [0.29, 0.717) is 37.3 Å². The minimum Gasteiger partial charge on any atom is -0.506 e. The number of carbonyl (C=O) groups is 1. The number of aromatic nitrogens is 3. The summed E-state index contributed by atoms with van der Waals surface area (Å²) < 4.78 is 43.1. The monoisotopic (exact) mass is 525 g/mol. The number of alkyl halides is 3. The predicted octanol–water partition coefficient (Wildman–Crippen LogP) is 2.72. The first-order chi connectivity index (χ1) is 17.7. The molecule has 0 saturated carbocycles. The van der Waals surface area contributed by atoms with Crippen LogP contribution in [0.2, 0.25) is 0 Å². The number of rotatable bonds is 5. The van der Waals surface area contributed by atoms with Crippen molar-refractivity contribution < 1.29 is 37.7 Å². The highest BCUT2D eigenvalue weighted by molar-refractivity contribution is 5.73. The Morgan fingerprint density at radius 1 is 1.24 bits per heavy atom. The zero-order valence-electron chi connectivity index (χ0n) is 20.2. The van der Waals surface area contributed by atoms with Crippen molar-refractivity contribution in [2.24, 2.45) is 5.92 Å². The first kappa shape index (κ1) is 27.0. The lowest BCUT2D eigenvalue weighted by Crippen LogP contribution is -2.40. The summed E-state index contributed by atoms with van der Waals surface area (Å²) in [4.78, 5) is 25.1. The molecule has 202 valence electrons. The van der Waals surface area contributed by atoms with Crippen molar-refractivity contribution in [1.29, 1.82) is 0 Å². The number of aliphatic carboxylic acids is 1. The summed E-state index contributed by atoms with van der Waals surface area (Å²) in [6, 6.07) is 3.44. The van der Waals surface area contributed by atoms with Crippen LogP contribution in [-0.2, 0) is 32.8 Å². The summed E-state index contributed by atoms with van der Waals surface area (Å²) in [5.41, 5.74) is 2.79. The molecule has 13 heteroatoms. The first-order valence-corrected chi connectivity index (χ1v) is 12.1. The molecular weight excluding hydrogens is 495 g/mol. The van der Waals surface area contributed by atoms with Gasteiger partial charge in [-0.05, 0) is 43.9 Å². The first-order valence-electron chi connectivity index (χ1n) is 12.1. The fraction of sp³-hybridized carbons (Fsp3) is 0.583. The van der Waals surface area contributed by atoms with Gasteiger partial charge in [0.1, 0.15) is 5.75 Å². The summed E-state index contributed by atoms with van der Waals surface area (Å²) in [5, 5.41) is 20.7. The number of ether oxygens (including phenoxy) is 2. The molecule has 1 atom stereocenters. The van der Waals surface area contributed by atoms with Gasteiger partial charge in [0.25, 0.3) is 0 Å². The van der Waals surface area contributed by atoms with E-state index in [4.69, 9.17) is 24.4 Å². The third-order valence-corrected chi connectivity index (χ3v) is 6.81. The molecule has 3 aliphatic heterocycles. The molecule has 5 rings (SSSR count). The van der Waals surface area contributed by atoms with E-state index in [0.717, 1.165) is 63.4 Å². The van der Waals surface area contributed by atoms with Gasteiger partial charge in [-0.15, -0.1) is 0 Å². The van der Waals surface area contributed by atoms with Gasteiger partial charge >= 0.3 is 12.1 Å². The lowest BCUT2D eigenvalue weighted by atomic mass is 9.80. The minimum absolute atomic E-state index is 0.129. The number of aromatic hydroxyl groups is 1. The Bertz CT molecular complexity index is 1080. The summed E-state index contributed by atoms with van der Waals surface area (Å²) in [7, 11) is 0. The molecule has 1 unspecified atom stereocenters. The lowest BCUT2D eigenvalue weighted by Gasteiger charge is -2.34. The van der Waals surface area contributed by atoms with Crippen LogP contribution >= 0.6 is 0 Å². The SMILES string of the molecule is O=C(O)C(F)(F)F.Oc1cccnc1CN1CCC2(COCc3cnc(NCC4CCOCC4)nc32)C1. The predicted molar refractivity (Wildman–Crippen MR) is 125 cm³/mol. The maximum absolute atomic E-state index is 10.6. The van der Waals surface area contributed by atoms with Crippen LogP contribution in [0.3, 0.4) is 0 Å². The molecule has 0 amide bonds. The molecule has 10 nitrogen and oxygen atoms in total. The van der Waals surface area contributed by atoms with E-state index in [1.165, 1.54) is 0 Å². The number of pyridine rings is 1. The second-order valence-electron chi connectivity index (χ2n) is 9.51. The smallest absolute Gasteiger partial charge is 0.490 e. The Balaban J connectivity index is 0.000000405. The van der Waals surface area contributed by atoms with Crippen LogP contribution < -0.4 is 5.32 Å². The van der Waals surface area contributed by atoms with Crippen molar-refractivity contribution >= 4 is 11.9 Å². The molecular formula is C24H30F3N5O5. The summed E-state index contributed by atoms with van der Waals surface area (Å²) in [6.07, 6.45) is 1.71. The van der Waals surface area contributed by atoms with Crippen molar-refractivity contribution in [2.75, 3.05) is 44.8 Å². The molecule has 2 aromatic heterocycles. The molecule has 1 spiro atoms. The van der Waals surface area contributed by atoms with Crippen molar-refractivity contribution in [2.45, 2.75) is 44.0 Å². The van der Waals surface area contributed by atoms with Gasteiger partial charge in [-0.3, -0.25) is 9.88 Å². The van der Waals surface area contributed by atoms with Gasteiger partial charge in [0.2, 0.25) is 5.95 Å². The summed E-state index contributed by atoms with van der Waals surface area (Å²) in [5.74, 6) is -1.18. The number of anilines is 1. The van der Waals surface area contributed by atoms with Crippen molar-refractivity contribution in [3.63, 3.8) is 0 Å². The Morgan fingerprint density at radius 3 is 2.70 bits per heavy atom. The topological polar surface area (TPSA) is 130 Å². The average molecular weight is 526 g/mol. The molecule has 0 radical (unpaired) electrons. The maximum Gasteiger partial charge on any atom is 0.490 e. The molecule has 0 aromatic carbocycles. The number of nitrogens with zero attached hydrogens (tertiary/aromatic N) is 4. The molecule has 3 aliphatic rings. The van der Waals surface area contributed by atoms with Crippen molar-refractivity contribution in [1.82, 2.24) is 19.9 Å². The maximum atomic E-state index is 10.6. The van der Waals surface area contributed by atoms with Crippen LogP contribution in [0, 0.1) is 5.92 Å². The lowest BCUT2D eigenvalue weighted by molar-refractivity contribution is -0.192. The third-order valence-electron chi connectivity index (χ3n) is 6.81. The van der Waals surface area contributed by atoms with Gasteiger partial charge in [-0.2, -0.15) is 13.2 Å². The largest absolute Gasteiger partial charge is 0.506 e. The normalized spacial score (nSPS) is 22.2. The highest BCUT2D eigenvalue weighted by atomic mass is 19.4. The second kappa shape index (κ2) is 11.6. The van der Waals surface area contributed by atoms with E-state index in [1.807, 2.05) is 6.20 Å². The van der Waals surface area contributed by atoms with Crippen LogP contribution in [-0.4, -0.2) is 81.7 Å². The third kappa shape index (κ3) is 6.84. The zero-order valence-corrected chi connectivity index (χ0v) is 20.2. The van der Waals surface area contributed by atoms with E-state index in [2.05, 4.69) is 20.2 Å². The van der Waals surface area contributed by atoms with Crippen LogP contribution in [0.4, 0.5) is 19.1 Å². The molecule has 5 heterocycles. The Kier molecular flexibility index (Phi) is 8.45. The van der Waals surface area contributed by atoms with Crippen LogP contribution in [0.5, 0.6) is 5.75 Å². The van der Waals surface area contributed by atoms with Gasteiger partial charge in [-0.1, -0.05) is 0 Å². The van der Waals surface area contributed by atoms with E-state index in [1.54, 1.807) is 18.3 Å². The number of hydrogen-bond donors (Lipinski definition) is 3. The van der Waals surface area contributed by atoms with Gasteiger partial charge in [0.05, 0.1) is 30.0 Å². The highest BCUT2D eigenvalue weighted by Gasteiger charge is 2.45. The van der Waals surface area contributed by atoms with E-state index >= 15 is 0 Å². The Labute approximate surface area is 211 Å². The van der Waals surface area contributed by atoms with Gasteiger partial charge in [0, 0.05) is 50.8 Å². The minimum atomic E-state index is -5.08. The molecule has 0 aliphatic carbocycles.